The van der Waals surface area contributed by atoms with Crippen LogP contribution in [0.3, 0.4) is 0 Å². The highest BCUT2D eigenvalue weighted by Crippen LogP contribution is 2.69. The summed E-state index contributed by atoms with van der Waals surface area (Å²) in [6.07, 6.45) is 5.34. The normalized spacial score (nSPS) is 39.9. The highest BCUT2D eigenvalue weighted by molar-refractivity contribution is 5.82. The van der Waals surface area contributed by atoms with Crippen molar-refractivity contribution in [1.82, 2.24) is 4.90 Å². The van der Waals surface area contributed by atoms with Crippen molar-refractivity contribution in [3.8, 4) is 5.75 Å². The van der Waals surface area contributed by atoms with Crippen molar-refractivity contribution < 1.29 is 14.3 Å². The van der Waals surface area contributed by atoms with Gasteiger partial charge in [0.05, 0.1) is 20.1 Å². The van der Waals surface area contributed by atoms with E-state index >= 15 is 0 Å². The van der Waals surface area contributed by atoms with Gasteiger partial charge in [0.1, 0.15) is 11.4 Å². The lowest BCUT2D eigenvalue weighted by Gasteiger charge is -2.54. The molecule has 2 unspecified atom stereocenters. The molecule has 5 heteroatoms. The zero-order valence-corrected chi connectivity index (χ0v) is 16.6. The molecule has 0 N–H and O–H groups in total. The number of allylic oxidation sites excluding steroid dienone is 1. The maximum atomic E-state index is 13.2. The molecule has 1 aromatic rings. The monoisotopic (exact) mass is 368 g/mol. The average Bonchev–Trinajstić information content (AvgIpc) is 3.03. The number of benzene rings is 1. The van der Waals surface area contributed by atoms with Gasteiger partial charge in [0, 0.05) is 31.2 Å². The molecule has 144 valence electrons. The third-order valence-corrected chi connectivity index (χ3v) is 8.03. The van der Waals surface area contributed by atoms with Crippen molar-refractivity contribution in [2.24, 2.45) is 11.8 Å². The second kappa shape index (κ2) is 5.51. The van der Waals surface area contributed by atoms with E-state index in [0.717, 1.165) is 38.1 Å². The third-order valence-electron chi connectivity index (χ3n) is 8.03. The van der Waals surface area contributed by atoms with Crippen LogP contribution in [0.2, 0.25) is 0 Å². The number of likely N-dealkylation sites (N-methyl/N-ethyl adjacent to an activating group) is 1. The van der Waals surface area contributed by atoms with Gasteiger partial charge in [-0.15, -0.1) is 0 Å². The van der Waals surface area contributed by atoms with Gasteiger partial charge in [-0.05, 0) is 55.9 Å². The van der Waals surface area contributed by atoms with Gasteiger partial charge in [0.25, 0.3) is 0 Å². The SMILES string of the molecule is C/C=C1/CN2CC[C@@]34c5cc(OC)ccc5N(C)[C@@]23CCC1[C@H]4C(=O)OC. The van der Waals surface area contributed by atoms with Gasteiger partial charge < -0.3 is 14.4 Å². The van der Waals surface area contributed by atoms with E-state index in [1.807, 2.05) is 6.07 Å². The molecule has 4 heterocycles. The van der Waals surface area contributed by atoms with E-state index in [0.29, 0.717) is 0 Å². The Bertz CT molecular complexity index is 850. The van der Waals surface area contributed by atoms with Crippen molar-refractivity contribution in [1.29, 1.82) is 0 Å². The highest BCUT2D eigenvalue weighted by Gasteiger charge is 2.75. The van der Waals surface area contributed by atoms with Gasteiger partial charge in [-0.2, -0.15) is 0 Å². The maximum absolute atomic E-state index is 13.2. The van der Waals surface area contributed by atoms with Crippen LogP contribution in [0.25, 0.3) is 0 Å². The summed E-state index contributed by atoms with van der Waals surface area (Å²) in [5.74, 6) is 0.912. The highest BCUT2D eigenvalue weighted by atomic mass is 16.5. The first-order chi connectivity index (χ1) is 13.0. The number of carbonyl (C=O) groups excluding carboxylic acids is 1. The molecule has 1 aliphatic carbocycles. The van der Waals surface area contributed by atoms with Crippen LogP contribution in [0.5, 0.6) is 5.75 Å². The topological polar surface area (TPSA) is 42.0 Å². The van der Waals surface area contributed by atoms with Crippen LogP contribution < -0.4 is 9.64 Å². The van der Waals surface area contributed by atoms with E-state index in [-0.39, 0.29) is 28.9 Å². The van der Waals surface area contributed by atoms with E-state index in [1.54, 1.807) is 7.11 Å². The minimum Gasteiger partial charge on any atom is -0.497 e. The molecule has 5 nitrogen and oxygen atoms in total. The zero-order valence-electron chi connectivity index (χ0n) is 16.6. The Morgan fingerprint density at radius 3 is 2.81 bits per heavy atom. The first-order valence-corrected chi connectivity index (χ1v) is 9.95. The molecule has 6 rings (SSSR count). The van der Waals surface area contributed by atoms with Crippen LogP contribution >= 0.6 is 0 Å². The average molecular weight is 368 g/mol. The molecule has 1 saturated carbocycles. The van der Waals surface area contributed by atoms with Gasteiger partial charge in [-0.3, -0.25) is 9.69 Å². The van der Waals surface area contributed by atoms with Crippen LogP contribution in [-0.4, -0.2) is 50.9 Å². The molecule has 0 radical (unpaired) electrons. The second-order valence-corrected chi connectivity index (χ2v) is 8.41. The molecule has 4 aliphatic heterocycles. The zero-order chi connectivity index (χ0) is 19.0. The van der Waals surface area contributed by atoms with Crippen molar-refractivity contribution in [2.75, 3.05) is 39.3 Å². The molecule has 1 spiro atoms. The lowest BCUT2D eigenvalue weighted by atomic mass is 9.54. The summed E-state index contributed by atoms with van der Waals surface area (Å²) in [6.45, 7) is 4.08. The molecule has 5 aliphatic rings. The number of anilines is 1. The molecule has 0 amide bonds. The van der Waals surface area contributed by atoms with Gasteiger partial charge >= 0.3 is 5.97 Å². The van der Waals surface area contributed by atoms with Crippen LogP contribution in [-0.2, 0) is 14.9 Å². The number of rotatable bonds is 2. The fraction of sp³-hybridized carbons (Fsp3) is 0.591. The summed E-state index contributed by atoms with van der Waals surface area (Å²) in [5, 5.41) is 0. The minimum absolute atomic E-state index is 0.0590. The fourth-order valence-corrected chi connectivity index (χ4v) is 7.06. The van der Waals surface area contributed by atoms with Crippen molar-refractivity contribution in [2.45, 2.75) is 37.3 Å². The lowest BCUT2D eigenvalue weighted by Crippen LogP contribution is -2.66. The largest absolute Gasteiger partial charge is 0.497 e. The van der Waals surface area contributed by atoms with Crippen LogP contribution in [0.4, 0.5) is 5.69 Å². The summed E-state index contributed by atoms with van der Waals surface area (Å²) in [5.41, 5.74) is 3.51. The van der Waals surface area contributed by atoms with Crippen molar-refractivity contribution in [3.63, 3.8) is 0 Å². The predicted molar refractivity (Wildman–Crippen MR) is 104 cm³/mol. The number of carbonyl (C=O) groups is 1. The number of hydrogen-bond acceptors (Lipinski definition) is 5. The summed E-state index contributed by atoms with van der Waals surface area (Å²) >= 11 is 0. The molecule has 1 aromatic carbocycles. The Kier molecular flexibility index (Phi) is 3.49. The lowest BCUT2D eigenvalue weighted by molar-refractivity contribution is -0.154. The Morgan fingerprint density at radius 2 is 2.11 bits per heavy atom. The van der Waals surface area contributed by atoms with E-state index < -0.39 is 0 Å². The Balaban J connectivity index is 1.84. The number of hydrogen-bond donors (Lipinski definition) is 0. The van der Waals surface area contributed by atoms with Crippen LogP contribution in [0.15, 0.2) is 29.8 Å². The molecular weight excluding hydrogens is 340 g/mol. The second-order valence-electron chi connectivity index (χ2n) is 8.41. The summed E-state index contributed by atoms with van der Waals surface area (Å²) < 4.78 is 11.0. The molecule has 4 fully saturated rings. The molecule has 3 saturated heterocycles. The van der Waals surface area contributed by atoms with Gasteiger partial charge in [0.2, 0.25) is 0 Å². The molecule has 5 atom stereocenters. The maximum Gasteiger partial charge on any atom is 0.310 e. The number of methoxy groups -OCH3 is 2. The number of esters is 1. The molecule has 4 bridgehead atoms. The Hall–Kier alpha value is -2.01. The smallest absolute Gasteiger partial charge is 0.310 e. The number of ether oxygens (including phenoxy) is 2. The van der Waals surface area contributed by atoms with Gasteiger partial charge in [0.15, 0.2) is 0 Å². The minimum atomic E-state index is -0.244. The molecular formula is C22H28N2O3. The third kappa shape index (κ3) is 1.73. The fourth-order valence-electron chi connectivity index (χ4n) is 7.06. The Labute approximate surface area is 160 Å². The number of nitrogens with zero attached hydrogens (tertiary/aromatic N) is 2. The molecule has 27 heavy (non-hydrogen) atoms. The van der Waals surface area contributed by atoms with Crippen LogP contribution in [0, 0.1) is 11.8 Å². The van der Waals surface area contributed by atoms with E-state index in [4.69, 9.17) is 9.47 Å². The Morgan fingerprint density at radius 1 is 1.30 bits per heavy atom. The van der Waals surface area contributed by atoms with E-state index in [2.05, 4.69) is 42.0 Å². The summed E-state index contributed by atoms with van der Waals surface area (Å²) in [6, 6.07) is 6.38. The van der Waals surface area contributed by atoms with Crippen molar-refractivity contribution in [3.05, 3.63) is 35.4 Å². The quantitative estimate of drug-likeness (QED) is 0.593. The predicted octanol–water partition coefficient (Wildman–Crippen LogP) is 2.94. The standard InChI is InChI=1S/C22H28N2O3/c1-5-14-13-24-11-10-21-17-12-15(26-3)6-7-18(17)23(2)22(21,24)9-8-16(14)19(21)20(25)27-4/h5-7,12,16,19H,8-11,13H2,1-4H3/b14-5-/t16?,19-,21-,22-/m0/s1. The molecule has 0 aromatic heterocycles. The van der Waals surface area contributed by atoms with Gasteiger partial charge in [-0.25, -0.2) is 0 Å². The van der Waals surface area contributed by atoms with Crippen LogP contribution in [0.1, 0.15) is 31.7 Å². The van der Waals surface area contributed by atoms with E-state index in [1.165, 1.54) is 23.9 Å². The van der Waals surface area contributed by atoms with E-state index in [9.17, 15) is 4.79 Å². The summed E-state index contributed by atoms with van der Waals surface area (Å²) in [4.78, 5) is 18.3. The number of fused-ring (bicyclic) bond motifs is 3. The van der Waals surface area contributed by atoms with Crippen molar-refractivity contribution >= 4 is 11.7 Å². The van der Waals surface area contributed by atoms with Gasteiger partial charge in [-0.1, -0.05) is 11.6 Å². The first-order valence-electron chi connectivity index (χ1n) is 9.95. The summed E-state index contributed by atoms with van der Waals surface area (Å²) in [7, 11) is 5.46. The first kappa shape index (κ1) is 17.1.